The second-order valence-corrected chi connectivity index (χ2v) is 7.48. The Balaban J connectivity index is 1.46. The van der Waals surface area contributed by atoms with Crippen LogP contribution >= 0.6 is 11.3 Å². The largest absolute Gasteiger partial charge is 0.488 e. The van der Waals surface area contributed by atoms with E-state index in [4.69, 9.17) is 9.15 Å². The third-order valence-corrected chi connectivity index (χ3v) is 5.57. The van der Waals surface area contributed by atoms with Gasteiger partial charge in [0.1, 0.15) is 22.5 Å². The van der Waals surface area contributed by atoms with Crippen LogP contribution in [0.1, 0.15) is 27.5 Å². The van der Waals surface area contributed by atoms with Crippen LogP contribution in [0.5, 0.6) is 5.75 Å². The van der Waals surface area contributed by atoms with Gasteiger partial charge in [-0.2, -0.15) is 0 Å². The summed E-state index contributed by atoms with van der Waals surface area (Å²) in [6.45, 7) is 4.65. The average molecular weight is 385 g/mol. The van der Waals surface area contributed by atoms with E-state index in [1.165, 1.54) is 17.4 Å². The maximum Gasteiger partial charge on any atom is 0.339 e. The molecule has 1 aliphatic rings. The highest BCUT2D eigenvalue weighted by atomic mass is 32.1. The Labute approximate surface area is 159 Å². The normalized spacial score (nSPS) is 16.7. The van der Waals surface area contributed by atoms with Gasteiger partial charge in [-0.3, -0.25) is 4.79 Å². The number of likely N-dealkylation sites (tertiary alicyclic amines) is 1. The Morgan fingerprint density at radius 3 is 2.81 bits per heavy atom. The van der Waals surface area contributed by atoms with E-state index in [9.17, 15) is 9.59 Å². The van der Waals surface area contributed by atoms with Crippen LogP contribution in [0.15, 0.2) is 45.9 Å². The summed E-state index contributed by atoms with van der Waals surface area (Å²) in [5, 5.41) is 0.777. The van der Waals surface area contributed by atoms with Crippen molar-refractivity contribution >= 4 is 17.2 Å². The van der Waals surface area contributed by atoms with Gasteiger partial charge >= 0.3 is 5.63 Å². The van der Waals surface area contributed by atoms with E-state index >= 15 is 0 Å². The van der Waals surface area contributed by atoms with E-state index in [2.05, 4.69) is 4.98 Å². The number of amides is 1. The molecule has 0 aromatic carbocycles. The van der Waals surface area contributed by atoms with Gasteiger partial charge in [-0.25, -0.2) is 9.78 Å². The van der Waals surface area contributed by atoms with Crippen molar-refractivity contribution in [2.75, 3.05) is 13.1 Å². The van der Waals surface area contributed by atoms with E-state index in [0.717, 1.165) is 10.8 Å². The highest BCUT2D eigenvalue weighted by Crippen LogP contribution is 2.26. The van der Waals surface area contributed by atoms with Gasteiger partial charge in [0.15, 0.2) is 5.13 Å². The number of aryl methyl sites for hydroxylation is 2. The molecule has 4 heterocycles. The maximum absolute atomic E-state index is 12.9. The van der Waals surface area contributed by atoms with Crippen molar-refractivity contribution < 1.29 is 13.9 Å². The zero-order chi connectivity index (χ0) is 19.0. The molecule has 4 rings (SSSR count). The van der Waals surface area contributed by atoms with Gasteiger partial charge in [0, 0.05) is 31.4 Å². The van der Waals surface area contributed by atoms with E-state index in [0.29, 0.717) is 35.9 Å². The second-order valence-electron chi connectivity index (χ2n) is 6.50. The summed E-state index contributed by atoms with van der Waals surface area (Å²) in [5.41, 5.74) is 0.295. The minimum atomic E-state index is -0.436. The highest BCUT2D eigenvalue weighted by Gasteiger charge is 2.30. The predicted molar refractivity (Wildman–Crippen MR) is 101 cm³/mol. The Kier molecular flexibility index (Phi) is 4.57. The van der Waals surface area contributed by atoms with E-state index < -0.39 is 5.63 Å². The molecule has 140 valence electrons. The number of carbonyl (C=O) groups is 1. The fourth-order valence-electron chi connectivity index (χ4n) is 3.14. The van der Waals surface area contributed by atoms with Gasteiger partial charge in [0.25, 0.3) is 5.91 Å². The number of rotatable bonds is 4. The van der Waals surface area contributed by atoms with Crippen LogP contribution < -0.4 is 10.4 Å². The molecule has 1 fully saturated rings. The van der Waals surface area contributed by atoms with Crippen molar-refractivity contribution in [3.05, 3.63) is 63.4 Å². The molecule has 1 atom stereocenters. The molecule has 3 aromatic rings. The molecule has 0 bridgehead atoms. The van der Waals surface area contributed by atoms with Crippen LogP contribution in [0.4, 0.5) is 0 Å². The summed E-state index contributed by atoms with van der Waals surface area (Å²) in [5.74, 6) is 0.950. The number of thiazole rings is 1. The van der Waals surface area contributed by atoms with Crippen LogP contribution in [0.3, 0.4) is 0 Å². The number of ether oxygens (including phenoxy) is 1. The second kappa shape index (κ2) is 7.03. The monoisotopic (exact) mass is 385 g/mol. The number of hydrogen-bond donors (Lipinski definition) is 0. The number of carbonyl (C=O) groups excluding carboxylic acids is 1. The zero-order valence-electron chi connectivity index (χ0n) is 15.0. The molecular formula is C19H19N3O4S. The average Bonchev–Trinajstić information content (AvgIpc) is 3.33. The van der Waals surface area contributed by atoms with Gasteiger partial charge in [-0.1, -0.05) is 11.3 Å². The van der Waals surface area contributed by atoms with Gasteiger partial charge in [-0.15, -0.1) is 0 Å². The minimum absolute atomic E-state index is 0.0294. The lowest BCUT2D eigenvalue weighted by Gasteiger charge is -2.16. The third-order valence-electron chi connectivity index (χ3n) is 4.41. The van der Waals surface area contributed by atoms with Crippen LogP contribution in [0.25, 0.3) is 5.13 Å². The molecule has 7 nitrogen and oxygen atoms in total. The lowest BCUT2D eigenvalue weighted by atomic mass is 10.3. The van der Waals surface area contributed by atoms with Crippen molar-refractivity contribution in [3.8, 4) is 10.9 Å². The number of aromatic nitrogens is 2. The summed E-state index contributed by atoms with van der Waals surface area (Å²) in [7, 11) is 0. The van der Waals surface area contributed by atoms with Crippen molar-refractivity contribution in [3.63, 3.8) is 0 Å². The minimum Gasteiger partial charge on any atom is -0.488 e. The van der Waals surface area contributed by atoms with Crippen LogP contribution in [0, 0.1) is 13.8 Å². The maximum atomic E-state index is 12.9. The van der Waals surface area contributed by atoms with Crippen LogP contribution in [-0.2, 0) is 0 Å². The molecule has 1 saturated heterocycles. The fourth-order valence-corrected chi connectivity index (χ4v) is 4.14. The quantitative estimate of drug-likeness (QED) is 0.690. The highest BCUT2D eigenvalue weighted by molar-refractivity contribution is 7.16. The third kappa shape index (κ3) is 3.66. The molecule has 0 N–H and O–H groups in total. The predicted octanol–water partition coefficient (Wildman–Crippen LogP) is 2.80. The lowest BCUT2D eigenvalue weighted by molar-refractivity contribution is 0.0776. The number of nitrogens with zero attached hydrogens (tertiary/aromatic N) is 3. The SMILES string of the molecule is Cc1cc(OC2CCN(C(=O)c3sc(-n4cccc4)nc3C)C2)cc(=O)o1. The smallest absolute Gasteiger partial charge is 0.339 e. The summed E-state index contributed by atoms with van der Waals surface area (Å²) >= 11 is 1.39. The summed E-state index contributed by atoms with van der Waals surface area (Å²) in [6, 6.07) is 6.86. The molecule has 27 heavy (non-hydrogen) atoms. The molecule has 1 unspecified atom stereocenters. The van der Waals surface area contributed by atoms with Crippen LogP contribution in [0.2, 0.25) is 0 Å². The first-order chi connectivity index (χ1) is 13.0. The van der Waals surface area contributed by atoms with E-state index in [1.807, 2.05) is 36.0 Å². The first-order valence-corrected chi connectivity index (χ1v) is 9.50. The van der Waals surface area contributed by atoms with Crippen molar-refractivity contribution in [2.24, 2.45) is 0 Å². The van der Waals surface area contributed by atoms with Crippen molar-refractivity contribution in [2.45, 2.75) is 26.4 Å². The molecule has 8 heteroatoms. The van der Waals surface area contributed by atoms with Crippen molar-refractivity contribution in [1.82, 2.24) is 14.5 Å². The molecule has 0 spiro atoms. The van der Waals surface area contributed by atoms with E-state index in [-0.39, 0.29) is 12.0 Å². The van der Waals surface area contributed by atoms with Crippen LogP contribution in [-0.4, -0.2) is 39.6 Å². The van der Waals surface area contributed by atoms with Gasteiger partial charge in [0.05, 0.1) is 18.3 Å². The Morgan fingerprint density at radius 2 is 2.07 bits per heavy atom. The molecule has 0 saturated carbocycles. The van der Waals surface area contributed by atoms with E-state index in [1.54, 1.807) is 17.9 Å². The Bertz CT molecular complexity index is 1020. The fraction of sp³-hybridized carbons (Fsp3) is 0.316. The molecule has 3 aromatic heterocycles. The Morgan fingerprint density at radius 1 is 1.30 bits per heavy atom. The van der Waals surface area contributed by atoms with Gasteiger partial charge in [-0.05, 0) is 26.0 Å². The van der Waals surface area contributed by atoms with Crippen molar-refractivity contribution in [1.29, 1.82) is 0 Å². The molecular weight excluding hydrogens is 366 g/mol. The summed E-state index contributed by atoms with van der Waals surface area (Å²) in [6.07, 6.45) is 4.38. The topological polar surface area (TPSA) is 77.6 Å². The first-order valence-electron chi connectivity index (χ1n) is 8.68. The molecule has 1 aliphatic heterocycles. The summed E-state index contributed by atoms with van der Waals surface area (Å²) < 4.78 is 12.7. The standard InChI is InChI=1S/C19H19N3O4S/c1-12-9-15(10-16(23)25-12)26-14-5-8-22(11-14)18(24)17-13(2)20-19(27-17)21-6-3-4-7-21/h3-4,6-7,9-10,14H,5,8,11H2,1-2H3. The lowest BCUT2D eigenvalue weighted by Crippen LogP contribution is -2.30. The number of hydrogen-bond acceptors (Lipinski definition) is 6. The first kappa shape index (κ1) is 17.5. The van der Waals surface area contributed by atoms with Gasteiger partial charge < -0.3 is 18.6 Å². The molecule has 0 radical (unpaired) electrons. The molecule has 1 amide bonds. The Hall–Kier alpha value is -2.87. The zero-order valence-corrected chi connectivity index (χ0v) is 15.9. The van der Waals surface area contributed by atoms with Gasteiger partial charge in [0.2, 0.25) is 0 Å². The summed E-state index contributed by atoms with van der Waals surface area (Å²) in [4.78, 5) is 31.3. The molecule has 0 aliphatic carbocycles.